The average molecular weight is 232 g/mol. The Morgan fingerprint density at radius 2 is 1.81 bits per heavy atom. The van der Waals surface area contributed by atoms with E-state index < -0.39 is 6.36 Å². The van der Waals surface area contributed by atoms with Gasteiger partial charge in [-0.2, -0.15) is 0 Å². The molecule has 0 aliphatic heterocycles. The second kappa shape index (κ2) is 4.69. The van der Waals surface area contributed by atoms with Crippen molar-refractivity contribution in [3.05, 3.63) is 36.1 Å². The van der Waals surface area contributed by atoms with Crippen molar-refractivity contribution in [1.82, 2.24) is 0 Å². The van der Waals surface area contributed by atoms with Gasteiger partial charge in [-0.25, -0.2) is 0 Å². The van der Waals surface area contributed by atoms with Crippen LogP contribution in [0.5, 0.6) is 5.75 Å². The van der Waals surface area contributed by atoms with Gasteiger partial charge in [0.2, 0.25) is 0 Å². The quantitative estimate of drug-likeness (QED) is 0.495. The van der Waals surface area contributed by atoms with Crippen LogP contribution < -0.4 is 4.74 Å². The van der Waals surface area contributed by atoms with Crippen molar-refractivity contribution in [2.75, 3.05) is 0 Å². The van der Waals surface area contributed by atoms with Crippen molar-refractivity contribution in [3.63, 3.8) is 0 Å². The van der Waals surface area contributed by atoms with Crippen LogP contribution in [0.1, 0.15) is 5.56 Å². The fourth-order valence-electron chi connectivity index (χ4n) is 1.02. The van der Waals surface area contributed by atoms with Crippen LogP contribution in [0.15, 0.2) is 30.5 Å². The lowest BCUT2D eigenvalue weighted by molar-refractivity contribution is -0.274. The van der Waals surface area contributed by atoms with Crippen molar-refractivity contribution in [1.29, 1.82) is 0 Å². The summed E-state index contributed by atoms with van der Waals surface area (Å²) in [7, 11) is 0. The Labute approximate surface area is 88.8 Å². The second-order valence-electron chi connectivity index (χ2n) is 2.77. The van der Waals surface area contributed by atoms with E-state index in [4.69, 9.17) is 5.11 Å². The lowest BCUT2D eigenvalue weighted by Gasteiger charge is -2.08. The van der Waals surface area contributed by atoms with E-state index in [9.17, 15) is 18.0 Å². The number of hydrogen-bond acceptors (Lipinski definition) is 3. The van der Waals surface area contributed by atoms with E-state index in [2.05, 4.69) is 4.74 Å². The van der Waals surface area contributed by atoms with Crippen LogP contribution in [0.25, 0.3) is 5.57 Å². The van der Waals surface area contributed by atoms with Crippen LogP contribution in [-0.2, 0) is 4.79 Å². The Hall–Kier alpha value is -1.98. The molecule has 86 valence electrons. The maximum Gasteiger partial charge on any atom is 0.573 e. The predicted octanol–water partition coefficient (Wildman–Crippen LogP) is 2.68. The molecular formula is C10H7F3O3. The largest absolute Gasteiger partial charge is 0.573 e. The van der Waals surface area contributed by atoms with Gasteiger partial charge in [-0.1, -0.05) is 12.1 Å². The first kappa shape index (κ1) is 12.1. The fourth-order valence-corrected chi connectivity index (χ4v) is 1.02. The lowest BCUT2D eigenvalue weighted by atomic mass is 10.1. The number of rotatable bonds is 3. The van der Waals surface area contributed by atoms with E-state index >= 15 is 0 Å². The summed E-state index contributed by atoms with van der Waals surface area (Å²) in [5.74, 6) is -0.389. The van der Waals surface area contributed by atoms with Gasteiger partial charge in [-0.05, 0) is 17.7 Å². The minimum Gasteiger partial charge on any atom is -0.515 e. The monoisotopic (exact) mass is 232 g/mol. The van der Waals surface area contributed by atoms with Crippen LogP contribution in [0.2, 0.25) is 0 Å². The summed E-state index contributed by atoms with van der Waals surface area (Å²) < 4.78 is 39.0. The molecule has 6 heteroatoms. The zero-order valence-electron chi connectivity index (χ0n) is 7.86. The number of ether oxygens (including phenoxy) is 1. The van der Waals surface area contributed by atoms with E-state index in [1.807, 2.05) is 0 Å². The molecule has 1 N–H and O–H groups in total. The summed E-state index contributed by atoms with van der Waals surface area (Å²) in [5, 5.41) is 8.63. The molecule has 0 fully saturated rings. The van der Waals surface area contributed by atoms with Crippen LogP contribution >= 0.6 is 0 Å². The standard InChI is InChI=1S/C10H7F3O3/c11-10(12,13)16-9-3-1-7(2-4-9)8(5-14)6-15/h1-6,14H. The molecule has 1 rings (SSSR count). The number of allylic oxidation sites excluding steroid dienone is 1. The SMILES string of the molecule is O=CC(=CO)c1ccc(OC(F)(F)F)cc1. The minimum absolute atomic E-state index is 0.0291. The molecule has 1 aromatic carbocycles. The third kappa shape index (κ3) is 3.30. The number of aliphatic hydroxyl groups is 1. The molecule has 0 aliphatic rings. The molecule has 16 heavy (non-hydrogen) atoms. The smallest absolute Gasteiger partial charge is 0.515 e. The molecule has 0 bridgehead atoms. The molecule has 1 aromatic rings. The van der Waals surface area contributed by atoms with Gasteiger partial charge in [0.05, 0.1) is 11.8 Å². The lowest BCUT2D eigenvalue weighted by Crippen LogP contribution is -2.17. The summed E-state index contributed by atoms with van der Waals surface area (Å²) in [6.45, 7) is 0. The average Bonchev–Trinajstić information content (AvgIpc) is 2.20. The van der Waals surface area contributed by atoms with Gasteiger partial charge in [-0.3, -0.25) is 4.79 Å². The number of benzene rings is 1. The second-order valence-corrected chi connectivity index (χ2v) is 2.77. The third-order valence-corrected chi connectivity index (χ3v) is 1.69. The normalized spacial score (nSPS) is 12.3. The zero-order chi connectivity index (χ0) is 12.2. The van der Waals surface area contributed by atoms with Crippen LogP contribution in [0, 0.1) is 0 Å². The summed E-state index contributed by atoms with van der Waals surface area (Å²) in [4.78, 5) is 10.4. The molecule has 0 amide bonds. The van der Waals surface area contributed by atoms with Gasteiger partial charge >= 0.3 is 6.36 Å². The van der Waals surface area contributed by atoms with Crippen LogP contribution in [-0.4, -0.2) is 17.8 Å². The number of aliphatic hydroxyl groups excluding tert-OH is 1. The van der Waals surface area contributed by atoms with Crippen molar-refractivity contribution in [2.24, 2.45) is 0 Å². The zero-order valence-corrected chi connectivity index (χ0v) is 7.86. The molecular weight excluding hydrogens is 225 g/mol. The molecule has 0 spiro atoms. The summed E-state index contributed by atoms with van der Waals surface area (Å²) in [6, 6.07) is 4.57. The Kier molecular flexibility index (Phi) is 3.55. The highest BCUT2D eigenvalue weighted by Gasteiger charge is 2.30. The summed E-state index contributed by atoms with van der Waals surface area (Å²) >= 11 is 0. The van der Waals surface area contributed by atoms with Gasteiger partial charge < -0.3 is 9.84 Å². The maximum absolute atomic E-state index is 11.8. The van der Waals surface area contributed by atoms with E-state index in [1.165, 1.54) is 12.1 Å². The number of carbonyl (C=O) groups is 1. The van der Waals surface area contributed by atoms with E-state index in [0.29, 0.717) is 18.1 Å². The first-order valence-corrected chi connectivity index (χ1v) is 4.12. The number of hydrogen-bond donors (Lipinski definition) is 1. The van der Waals surface area contributed by atoms with Crippen molar-refractivity contribution >= 4 is 11.9 Å². The number of halogens is 3. The number of aldehydes is 1. The Bertz CT molecular complexity index is 393. The van der Waals surface area contributed by atoms with Gasteiger partial charge in [0.1, 0.15) is 5.75 Å². The predicted molar refractivity (Wildman–Crippen MR) is 49.8 cm³/mol. The van der Waals surface area contributed by atoms with Gasteiger partial charge in [0, 0.05) is 0 Å². The van der Waals surface area contributed by atoms with Crippen LogP contribution in [0.4, 0.5) is 13.2 Å². The van der Waals surface area contributed by atoms with Crippen molar-refractivity contribution in [2.45, 2.75) is 6.36 Å². The van der Waals surface area contributed by atoms with E-state index in [1.54, 1.807) is 0 Å². The highest BCUT2D eigenvalue weighted by molar-refractivity contribution is 6.06. The Balaban J connectivity index is 2.87. The highest BCUT2D eigenvalue weighted by atomic mass is 19.4. The molecule has 3 nitrogen and oxygen atoms in total. The number of alkyl halides is 3. The Morgan fingerprint density at radius 3 is 2.19 bits per heavy atom. The van der Waals surface area contributed by atoms with Crippen LogP contribution in [0.3, 0.4) is 0 Å². The summed E-state index contributed by atoms with van der Waals surface area (Å²) in [6.07, 6.45) is -3.78. The Morgan fingerprint density at radius 1 is 1.25 bits per heavy atom. The van der Waals surface area contributed by atoms with E-state index in [0.717, 1.165) is 12.1 Å². The molecule has 0 saturated heterocycles. The minimum atomic E-state index is -4.75. The van der Waals surface area contributed by atoms with Gasteiger partial charge in [0.25, 0.3) is 0 Å². The molecule has 0 radical (unpaired) electrons. The molecule has 0 unspecified atom stereocenters. The van der Waals surface area contributed by atoms with E-state index in [-0.39, 0.29) is 11.3 Å². The maximum atomic E-state index is 11.8. The molecule has 0 aromatic heterocycles. The van der Waals surface area contributed by atoms with Gasteiger partial charge in [0.15, 0.2) is 6.29 Å². The summed E-state index contributed by atoms with van der Waals surface area (Å²) in [5.41, 5.74) is 0.269. The molecule has 0 saturated carbocycles. The van der Waals surface area contributed by atoms with Crippen molar-refractivity contribution < 1.29 is 27.8 Å². The fraction of sp³-hybridized carbons (Fsp3) is 0.100. The molecule has 0 aliphatic carbocycles. The van der Waals surface area contributed by atoms with Gasteiger partial charge in [-0.15, -0.1) is 13.2 Å². The first-order valence-electron chi connectivity index (χ1n) is 4.12. The molecule has 0 atom stereocenters. The third-order valence-electron chi connectivity index (χ3n) is 1.69. The molecule has 0 heterocycles. The topological polar surface area (TPSA) is 46.5 Å². The highest BCUT2D eigenvalue weighted by Crippen LogP contribution is 2.24. The van der Waals surface area contributed by atoms with Crippen molar-refractivity contribution in [3.8, 4) is 5.75 Å². The number of carbonyl (C=O) groups excluding carboxylic acids is 1. The first-order chi connectivity index (χ1) is 7.46.